The quantitative estimate of drug-likeness (QED) is 0.419. The molecular formula is C30H30O3. The number of hydrogen-bond donors (Lipinski definition) is 0. The SMILES string of the molecule is CC1(C(=O)OC(=O)C2(C)C=CC=CC2(C)c2ccccc2)C=CC=CC1(C)c1ccccc1. The average Bonchev–Trinajstić information content (AvgIpc) is 2.84. The highest BCUT2D eigenvalue weighted by molar-refractivity contribution is 5.95. The van der Waals surface area contributed by atoms with Crippen molar-refractivity contribution in [1.82, 2.24) is 0 Å². The van der Waals surface area contributed by atoms with Crippen LogP contribution in [0.25, 0.3) is 0 Å². The monoisotopic (exact) mass is 438 g/mol. The first-order valence-corrected chi connectivity index (χ1v) is 11.3. The van der Waals surface area contributed by atoms with Crippen molar-refractivity contribution in [2.24, 2.45) is 10.8 Å². The highest BCUT2D eigenvalue weighted by Gasteiger charge is 2.54. The molecule has 2 aliphatic carbocycles. The molecule has 0 spiro atoms. The molecule has 0 N–H and O–H groups in total. The zero-order valence-electron chi connectivity index (χ0n) is 19.6. The van der Waals surface area contributed by atoms with E-state index >= 15 is 0 Å². The zero-order chi connectivity index (χ0) is 23.7. The van der Waals surface area contributed by atoms with Gasteiger partial charge in [0.05, 0.1) is 10.8 Å². The number of allylic oxidation sites excluding steroid dienone is 6. The molecule has 0 radical (unpaired) electrons. The molecule has 4 unspecified atom stereocenters. The molecule has 0 fully saturated rings. The fraction of sp³-hybridized carbons (Fsp3) is 0.267. The maximum absolute atomic E-state index is 13.7. The molecule has 0 bridgehead atoms. The number of esters is 2. The van der Waals surface area contributed by atoms with Crippen LogP contribution in [0.2, 0.25) is 0 Å². The van der Waals surface area contributed by atoms with Gasteiger partial charge in [0.1, 0.15) is 0 Å². The summed E-state index contributed by atoms with van der Waals surface area (Å²) >= 11 is 0. The molecule has 168 valence electrons. The summed E-state index contributed by atoms with van der Waals surface area (Å²) < 4.78 is 5.72. The van der Waals surface area contributed by atoms with Gasteiger partial charge < -0.3 is 4.74 Å². The standard InChI is InChI=1S/C30H30O3/c1-27(23-15-7-5-8-16-23)19-11-13-21-29(27,3)25(31)33-26(32)30(4)22-14-12-20-28(30,2)24-17-9-6-10-18-24/h5-22H,1-4H3. The summed E-state index contributed by atoms with van der Waals surface area (Å²) in [6.45, 7) is 7.69. The Balaban J connectivity index is 1.68. The first-order chi connectivity index (χ1) is 15.7. The molecule has 33 heavy (non-hydrogen) atoms. The van der Waals surface area contributed by atoms with Crippen LogP contribution in [0.3, 0.4) is 0 Å². The second-order valence-corrected chi connectivity index (χ2v) is 9.65. The van der Waals surface area contributed by atoms with Crippen molar-refractivity contribution in [3.63, 3.8) is 0 Å². The van der Waals surface area contributed by atoms with Crippen LogP contribution in [0.4, 0.5) is 0 Å². The normalized spacial score (nSPS) is 32.5. The van der Waals surface area contributed by atoms with E-state index in [0.717, 1.165) is 11.1 Å². The molecule has 2 aromatic carbocycles. The molecular weight excluding hydrogens is 408 g/mol. The van der Waals surface area contributed by atoms with Crippen molar-refractivity contribution in [3.05, 3.63) is 120 Å². The van der Waals surface area contributed by atoms with Crippen LogP contribution in [0.5, 0.6) is 0 Å². The third kappa shape index (κ3) is 3.43. The van der Waals surface area contributed by atoms with Crippen LogP contribution in [0.1, 0.15) is 38.8 Å². The van der Waals surface area contributed by atoms with Gasteiger partial charge in [-0.15, -0.1) is 0 Å². The lowest BCUT2D eigenvalue weighted by Crippen LogP contribution is -2.51. The molecule has 2 aliphatic rings. The van der Waals surface area contributed by atoms with Gasteiger partial charge in [0.2, 0.25) is 0 Å². The van der Waals surface area contributed by atoms with Crippen LogP contribution >= 0.6 is 0 Å². The molecule has 0 heterocycles. The van der Waals surface area contributed by atoms with Crippen LogP contribution < -0.4 is 0 Å². The van der Waals surface area contributed by atoms with Crippen molar-refractivity contribution < 1.29 is 14.3 Å². The van der Waals surface area contributed by atoms with Crippen LogP contribution in [0, 0.1) is 10.8 Å². The topological polar surface area (TPSA) is 43.4 Å². The smallest absolute Gasteiger partial charge is 0.324 e. The molecule has 0 aromatic heterocycles. The van der Waals surface area contributed by atoms with E-state index in [-0.39, 0.29) is 0 Å². The van der Waals surface area contributed by atoms with E-state index in [4.69, 9.17) is 4.74 Å². The Morgan fingerprint density at radius 3 is 1.24 bits per heavy atom. The first kappa shape index (κ1) is 22.7. The van der Waals surface area contributed by atoms with Crippen LogP contribution in [-0.2, 0) is 25.2 Å². The summed E-state index contributed by atoms with van der Waals surface area (Å²) in [5.74, 6) is -1.11. The van der Waals surface area contributed by atoms with E-state index in [1.807, 2.05) is 137 Å². The number of rotatable bonds is 4. The summed E-state index contributed by atoms with van der Waals surface area (Å²) in [5, 5.41) is 0. The fourth-order valence-corrected chi connectivity index (χ4v) is 4.90. The third-order valence-corrected chi connectivity index (χ3v) is 7.88. The van der Waals surface area contributed by atoms with E-state index < -0.39 is 33.6 Å². The van der Waals surface area contributed by atoms with E-state index in [1.54, 1.807) is 0 Å². The number of hydrogen-bond acceptors (Lipinski definition) is 3. The van der Waals surface area contributed by atoms with Gasteiger partial charge in [0.15, 0.2) is 0 Å². The van der Waals surface area contributed by atoms with Gasteiger partial charge in [-0.3, -0.25) is 9.59 Å². The number of carbonyl (C=O) groups is 2. The summed E-state index contributed by atoms with van der Waals surface area (Å²) in [6.07, 6.45) is 15.2. The Morgan fingerprint density at radius 1 is 0.545 bits per heavy atom. The van der Waals surface area contributed by atoms with E-state index in [9.17, 15) is 9.59 Å². The number of carbonyl (C=O) groups excluding carboxylic acids is 2. The maximum Gasteiger partial charge on any atom is 0.324 e. The Labute approximate surface area is 196 Å². The molecule has 2 aromatic rings. The number of ether oxygens (including phenoxy) is 1. The second kappa shape index (κ2) is 8.15. The Bertz CT molecular complexity index is 1080. The molecule has 0 saturated carbocycles. The van der Waals surface area contributed by atoms with Crippen molar-refractivity contribution in [2.75, 3.05) is 0 Å². The lowest BCUT2D eigenvalue weighted by Gasteiger charge is -2.45. The van der Waals surface area contributed by atoms with Gasteiger partial charge in [0, 0.05) is 10.8 Å². The van der Waals surface area contributed by atoms with Gasteiger partial charge >= 0.3 is 11.9 Å². The van der Waals surface area contributed by atoms with Gasteiger partial charge in [-0.25, -0.2) is 0 Å². The van der Waals surface area contributed by atoms with Crippen molar-refractivity contribution in [1.29, 1.82) is 0 Å². The summed E-state index contributed by atoms with van der Waals surface area (Å²) in [7, 11) is 0. The predicted molar refractivity (Wildman–Crippen MR) is 131 cm³/mol. The molecule has 0 aliphatic heterocycles. The third-order valence-electron chi connectivity index (χ3n) is 7.88. The van der Waals surface area contributed by atoms with Crippen molar-refractivity contribution >= 4 is 11.9 Å². The molecule has 3 nitrogen and oxygen atoms in total. The van der Waals surface area contributed by atoms with E-state index in [0.29, 0.717) is 0 Å². The van der Waals surface area contributed by atoms with E-state index in [1.165, 1.54) is 0 Å². The van der Waals surface area contributed by atoms with Gasteiger partial charge in [0.25, 0.3) is 0 Å². The first-order valence-electron chi connectivity index (χ1n) is 11.3. The highest BCUT2D eigenvalue weighted by Crippen LogP contribution is 2.50. The van der Waals surface area contributed by atoms with Gasteiger partial charge in [-0.1, -0.05) is 123 Å². The minimum atomic E-state index is -1.05. The average molecular weight is 439 g/mol. The second-order valence-electron chi connectivity index (χ2n) is 9.65. The highest BCUT2D eigenvalue weighted by atomic mass is 16.6. The largest absolute Gasteiger partial charge is 0.392 e. The van der Waals surface area contributed by atoms with E-state index in [2.05, 4.69) is 0 Å². The summed E-state index contributed by atoms with van der Waals surface area (Å²) in [5.41, 5.74) is -1.45. The van der Waals surface area contributed by atoms with Crippen LogP contribution in [0.15, 0.2) is 109 Å². The zero-order valence-corrected chi connectivity index (χ0v) is 19.6. The maximum atomic E-state index is 13.7. The molecule has 0 saturated heterocycles. The lowest BCUT2D eigenvalue weighted by atomic mass is 9.59. The predicted octanol–water partition coefficient (Wildman–Crippen LogP) is 6.24. The van der Waals surface area contributed by atoms with Gasteiger partial charge in [-0.05, 0) is 25.0 Å². The minimum absolute atomic E-state index is 0.556. The van der Waals surface area contributed by atoms with Crippen LogP contribution in [-0.4, -0.2) is 11.9 Å². The summed E-state index contributed by atoms with van der Waals surface area (Å²) in [4.78, 5) is 27.4. The molecule has 0 amide bonds. The van der Waals surface area contributed by atoms with Gasteiger partial charge in [-0.2, -0.15) is 0 Å². The molecule has 4 atom stereocenters. The van der Waals surface area contributed by atoms with Crippen molar-refractivity contribution in [2.45, 2.75) is 38.5 Å². The van der Waals surface area contributed by atoms with Crippen molar-refractivity contribution in [3.8, 4) is 0 Å². The summed E-state index contributed by atoms with van der Waals surface area (Å²) in [6, 6.07) is 19.7. The Morgan fingerprint density at radius 2 is 0.879 bits per heavy atom. The Hall–Kier alpha value is -3.46. The molecule has 4 rings (SSSR count). The molecule has 3 heteroatoms. The fourth-order valence-electron chi connectivity index (χ4n) is 4.90. The lowest BCUT2D eigenvalue weighted by molar-refractivity contribution is -0.173. The number of benzene rings is 2. The Kier molecular flexibility index (Phi) is 5.61. The minimum Gasteiger partial charge on any atom is -0.392 e.